The molecule has 10 nitrogen and oxygen atoms in total. The maximum atomic E-state index is 16.9. The number of carbonyl (C=O) groups is 1. The van der Waals surface area contributed by atoms with Crippen molar-refractivity contribution < 1.29 is 32.2 Å². The van der Waals surface area contributed by atoms with Crippen molar-refractivity contribution in [2.75, 3.05) is 57.9 Å². The summed E-state index contributed by atoms with van der Waals surface area (Å²) in [7, 11) is 1.40. The summed E-state index contributed by atoms with van der Waals surface area (Å²) in [6.07, 6.45) is 8.31. The summed E-state index contributed by atoms with van der Waals surface area (Å²) in [5.41, 5.74) is -0.695. The molecule has 3 fully saturated rings. The highest BCUT2D eigenvalue weighted by atomic mass is 19.1. The highest BCUT2D eigenvalue weighted by Gasteiger charge is 2.49. The minimum atomic E-state index is -0.939. The molecule has 4 aromatic rings. The number of rotatable bonds is 6. The van der Waals surface area contributed by atoms with Gasteiger partial charge in [0.2, 0.25) is 0 Å². The number of amides is 1. The Balaban J connectivity index is 1.39. The van der Waals surface area contributed by atoms with Gasteiger partial charge in [-0.05, 0) is 49.4 Å². The number of hydrogen-bond acceptors (Lipinski definition) is 9. The molecular weight excluding hydrogens is 613 g/mol. The van der Waals surface area contributed by atoms with E-state index in [2.05, 4.69) is 26.1 Å². The van der Waals surface area contributed by atoms with Gasteiger partial charge in [-0.15, -0.1) is 6.42 Å². The van der Waals surface area contributed by atoms with Gasteiger partial charge in [0.1, 0.15) is 41.4 Å². The smallest absolute Gasteiger partial charge is 0.412 e. The predicted octanol–water partition coefficient (Wildman–Crippen LogP) is 5.00. The Labute approximate surface area is 269 Å². The Morgan fingerprint density at radius 2 is 2.06 bits per heavy atom. The van der Waals surface area contributed by atoms with Crippen molar-refractivity contribution in [2.45, 2.75) is 37.4 Å². The van der Waals surface area contributed by atoms with Crippen molar-refractivity contribution in [3.63, 3.8) is 0 Å². The van der Waals surface area contributed by atoms with Crippen molar-refractivity contribution in [1.82, 2.24) is 25.2 Å². The van der Waals surface area contributed by atoms with Gasteiger partial charge in [-0.2, -0.15) is 9.97 Å². The van der Waals surface area contributed by atoms with Gasteiger partial charge in [-0.1, -0.05) is 12.0 Å². The van der Waals surface area contributed by atoms with Gasteiger partial charge in [-0.3, -0.25) is 9.88 Å². The Morgan fingerprint density at radius 1 is 1.19 bits per heavy atom. The number of ether oxygens (including phenoxy) is 3. The molecule has 0 radical (unpaired) electrons. The molecule has 2 atom stereocenters. The number of anilines is 1. The molecule has 3 saturated heterocycles. The molecule has 3 aliphatic heterocycles. The van der Waals surface area contributed by atoms with Crippen LogP contribution in [0.25, 0.3) is 32.9 Å². The molecule has 13 heteroatoms. The predicted molar refractivity (Wildman–Crippen MR) is 169 cm³/mol. The summed E-state index contributed by atoms with van der Waals surface area (Å²) in [6.45, 7) is 3.46. The molecule has 2 aromatic carbocycles. The lowest BCUT2D eigenvalue weighted by Gasteiger charge is -2.31. The number of pyridine rings is 1. The van der Waals surface area contributed by atoms with Gasteiger partial charge in [0.05, 0.1) is 23.1 Å². The van der Waals surface area contributed by atoms with Crippen LogP contribution in [0, 0.1) is 24.0 Å². The summed E-state index contributed by atoms with van der Waals surface area (Å²) >= 11 is 0. The van der Waals surface area contributed by atoms with E-state index < -0.39 is 29.4 Å². The second-order valence-corrected chi connectivity index (χ2v) is 12.1. The first-order valence-electron chi connectivity index (χ1n) is 15.6. The molecule has 0 spiro atoms. The van der Waals surface area contributed by atoms with Gasteiger partial charge in [-0.25, -0.2) is 18.0 Å². The van der Waals surface area contributed by atoms with Crippen LogP contribution in [-0.4, -0.2) is 90.7 Å². The van der Waals surface area contributed by atoms with E-state index in [0.29, 0.717) is 55.9 Å². The van der Waals surface area contributed by atoms with E-state index >= 15 is 4.39 Å². The van der Waals surface area contributed by atoms with E-state index in [9.17, 15) is 13.6 Å². The molecule has 2 aromatic heterocycles. The van der Waals surface area contributed by atoms with Crippen LogP contribution in [0.5, 0.6) is 11.8 Å². The molecule has 0 bridgehead atoms. The minimum Gasteiger partial charge on any atom is -0.461 e. The maximum absolute atomic E-state index is 16.9. The molecule has 5 heterocycles. The molecule has 1 amide bonds. The Kier molecular flexibility index (Phi) is 8.23. The average molecular weight is 647 g/mol. The van der Waals surface area contributed by atoms with Gasteiger partial charge < -0.3 is 24.4 Å². The zero-order valence-electron chi connectivity index (χ0n) is 25.8. The van der Waals surface area contributed by atoms with E-state index in [1.165, 1.54) is 37.5 Å². The van der Waals surface area contributed by atoms with Crippen LogP contribution in [0.4, 0.5) is 23.8 Å². The van der Waals surface area contributed by atoms with E-state index in [4.69, 9.17) is 25.6 Å². The molecule has 244 valence electrons. The average Bonchev–Trinajstić information content (AvgIpc) is 3.45. The fraction of sp³-hybridized carbons (Fsp3) is 0.412. The first kappa shape index (κ1) is 31.0. The van der Waals surface area contributed by atoms with Crippen LogP contribution < -0.4 is 19.7 Å². The number of aromatic nitrogens is 3. The monoisotopic (exact) mass is 646 g/mol. The zero-order valence-corrected chi connectivity index (χ0v) is 25.8. The molecule has 7 rings (SSSR count). The standard InChI is InChI=1S/C34H33F3N6O4/c1-3-23-26(36)7-6-20-14-22(47-33(44)38-2)15-24(27(20)23)29-28(37)30-25(17-39-29)31(42-9-5-12-45-13-11-42)41-32(40-30)46-19-34-8-4-10-43(34)18-21(35)16-34/h1,6-7,14-15,17,21H,4-5,8-13,16,18-19H2,2H3,(H,38,44)/t21-,34+/m1/s1. The Morgan fingerprint density at radius 3 is 2.89 bits per heavy atom. The number of halogens is 3. The number of benzene rings is 2. The van der Waals surface area contributed by atoms with Crippen LogP contribution in [-0.2, 0) is 4.74 Å². The number of alkyl halides is 1. The number of nitrogens with one attached hydrogen (secondary N) is 1. The Bertz CT molecular complexity index is 1910. The Hall–Kier alpha value is -4.67. The lowest BCUT2D eigenvalue weighted by molar-refractivity contribution is 0.107. The molecular formula is C34H33F3N6O4. The fourth-order valence-corrected chi connectivity index (χ4v) is 7.08. The largest absolute Gasteiger partial charge is 0.461 e. The molecule has 0 saturated carbocycles. The second-order valence-electron chi connectivity index (χ2n) is 12.1. The summed E-state index contributed by atoms with van der Waals surface area (Å²) < 4.78 is 63.6. The van der Waals surface area contributed by atoms with Gasteiger partial charge in [0.15, 0.2) is 5.82 Å². The number of carbonyl (C=O) groups excluding carboxylic acids is 1. The molecule has 1 N–H and O–H groups in total. The van der Waals surface area contributed by atoms with E-state index in [0.717, 1.165) is 25.8 Å². The third-order valence-corrected chi connectivity index (χ3v) is 9.25. The van der Waals surface area contributed by atoms with Crippen LogP contribution in [0.2, 0.25) is 0 Å². The van der Waals surface area contributed by atoms with Gasteiger partial charge in [0.25, 0.3) is 0 Å². The van der Waals surface area contributed by atoms with Crippen LogP contribution in [0.15, 0.2) is 30.5 Å². The number of hydrogen-bond donors (Lipinski definition) is 1. The summed E-state index contributed by atoms with van der Waals surface area (Å²) in [6, 6.07) is 5.52. The molecule has 3 aliphatic rings. The van der Waals surface area contributed by atoms with Crippen molar-refractivity contribution in [2.24, 2.45) is 0 Å². The lowest BCUT2D eigenvalue weighted by atomic mass is 9.95. The van der Waals surface area contributed by atoms with E-state index in [1.54, 1.807) is 0 Å². The van der Waals surface area contributed by atoms with Crippen molar-refractivity contribution >= 4 is 33.6 Å². The van der Waals surface area contributed by atoms with E-state index in [1.807, 2.05) is 4.90 Å². The number of terminal acetylenes is 1. The second kappa shape index (κ2) is 12.5. The van der Waals surface area contributed by atoms with Crippen LogP contribution >= 0.6 is 0 Å². The highest BCUT2D eigenvalue weighted by molar-refractivity contribution is 6.03. The van der Waals surface area contributed by atoms with Crippen LogP contribution in [0.3, 0.4) is 0 Å². The number of fused-ring (bicyclic) bond motifs is 3. The molecule has 0 unspecified atom stereocenters. The highest BCUT2D eigenvalue weighted by Crippen LogP contribution is 2.42. The minimum absolute atomic E-state index is 0.0471. The third kappa shape index (κ3) is 5.65. The maximum Gasteiger partial charge on any atom is 0.412 e. The van der Waals surface area contributed by atoms with Crippen LogP contribution in [0.1, 0.15) is 31.2 Å². The number of nitrogens with zero attached hydrogens (tertiary/aromatic N) is 5. The topological polar surface area (TPSA) is 102 Å². The summed E-state index contributed by atoms with van der Waals surface area (Å²) in [4.78, 5) is 29.9. The molecule has 47 heavy (non-hydrogen) atoms. The first-order chi connectivity index (χ1) is 22.8. The quantitative estimate of drug-likeness (QED) is 0.290. The lowest BCUT2D eigenvalue weighted by Crippen LogP contribution is -2.43. The summed E-state index contributed by atoms with van der Waals surface area (Å²) in [5, 5.41) is 3.35. The van der Waals surface area contributed by atoms with E-state index in [-0.39, 0.29) is 46.1 Å². The van der Waals surface area contributed by atoms with Gasteiger partial charge >= 0.3 is 12.1 Å². The zero-order chi connectivity index (χ0) is 32.7. The molecule has 0 aliphatic carbocycles. The third-order valence-electron chi connectivity index (χ3n) is 9.25. The summed E-state index contributed by atoms with van der Waals surface area (Å²) in [5.74, 6) is 1.38. The fourth-order valence-electron chi connectivity index (χ4n) is 7.08. The van der Waals surface area contributed by atoms with Crippen molar-refractivity contribution in [3.8, 4) is 35.4 Å². The van der Waals surface area contributed by atoms with Crippen molar-refractivity contribution in [3.05, 3.63) is 47.7 Å². The van der Waals surface area contributed by atoms with Crippen molar-refractivity contribution in [1.29, 1.82) is 0 Å². The SMILES string of the molecule is C#Cc1c(F)ccc2cc(OC(=O)NC)cc(-c3ncc4c(N5CCCOCC5)nc(OC[C@@]56CCCN5C[C@H](F)C6)nc4c3F)c12. The van der Waals surface area contributed by atoms with Gasteiger partial charge in [0, 0.05) is 56.9 Å². The normalized spacial score (nSPS) is 21.4. The first-order valence-corrected chi connectivity index (χ1v) is 15.6.